The van der Waals surface area contributed by atoms with E-state index in [-0.39, 0.29) is 0 Å². The molecule has 1 rings (SSSR count). The Kier molecular flexibility index (Phi) is 5.06. The molecule has 0 aromatic carbocycles. The van der Waals surface area contributed by atoms with E-state index in [1.165, 1.54) is 6.42 Å². The molecule has 1 fully saturated rings. The van der Waals surface area contributed by atoms with E-state index >= 15 is 0 Å². The van der Waals surface area contributed by atoms with E-state index in [2.05, 4.69) is 24.2 Å². The van der Waals surface area contributed by atoms with Gasteiger partial charge in [0.15, 0.2) is 5.96 Å². The van der Waals surface area contributed by atoms with Crippen molar-refractivity contribution in [1.29, 1.82) is 0 Å². The molecule has 0 saturated heterocycles. The first-order chi connectivity index (χ1) is 7.56. The molecule has 94 valence electrons. The number of aliphatic imine (C=N–C) groups is 1. The molecule has 4 N–H and O–H groups in total. The molecule has 1 saturated carbocycles. The minimum atomic E-state index is -0.629. The zero-order valence-corrected chi connectivity index (χ0v) is 10.5. The van der Waals surface area contributed by atoms with Crippen LogP contribution < -0.4 is 11.1 Å². The Bertz CT molecular complexity index is 242. The van der Waals surface area contributed by atoms with Crippen LogP contribution >= 0.6 is 0 Å². The Hall–Kier alpha value is -0.770. The zero-order valence-electron chi connectivity index (χ0n) is 10.5. The molecule has 0 spiro atoms. The normalized spacial score (nSPS) is 31.4. The van der Waals surface area contributed by atoms with Crippen LogP contribution in [0.4, 0.5) is 0 Å². The number of rotatable bonds is 4. The second-order valence-electron chi connectivity index (χ2n) is 5.05. The molecule has 0 aromatic rings. The van der Waals surface area contributed by atoms with Crippen molar-refractivity contribution < 1.29 is 5.11 Å². The lowest BCUT2D eigenvalue weighted by atomic mass is 9.79. The highest BCUT2D eigenvalue weighted by Gasteiger charge is 2.32. The van der Waals surface area contributed by atoms with Gasteiger partial charge in [-0.15, -0.1) is 0 Å². The molecule has 4 heteroatoms. The monoisotopic (exact) mass is 227 g/mol. The molecule has 2 atom stereocenters. The van der Waals surface area contributed by atoms with Crippen molar-refractivity contribution >= 4 is 5.96 Å². The molecule has 0 heterocycles. The van der Waals surface area contributed by atoms with E-state index in [1.807, 2.05) is 0 Å². The van der Waals surface area contributed by atoms with Gasteiger partial charge in [0.2, 0.25) is 0 Å². The molecule has 0 aliphatic heterocycles. The fraction of sp³-hybridized carbons (Fsp3) is 0.917. The Morgan fingerprint density at radius 2 is 2.38 bits per heavy atom. The second kappa shape index (κ2) is 6.09. The van der Waals surface area contributed by atoms with Crippen LogP contribution in [0, 0.1) is 5.92 Å². The van der Waals surface area contributed by atoms with Gasteiger partial charge in [-0.1, -0.05) is 26.7 Å². The SMILES string of the molecule is CCCNC(N)=NCC1(O)CCCC(C)C1. The molecule has 0 aromatic heterocycles. The lowest BCUT2D eigenvalue weighted by molar-refractivity contribution is -0.00406. The van der Waals surface area contributed by atoms with Crippen molar-refractivity contribution in [2.45, 2.75) is 51.6 Å². The van der Waals surface area contributed by atoms with Crippen molar-refractivity contribution in [2.75, 3.05) is 13.1 Å². The van der Waals surface area contributed by atoms with Crippen molar-refractivity contribution in [1.82, 2.24) is 5.32 Å². The van der Waals surface area contributed by atoms with E-state index in [4.69, 9.17) is 5.73 Å². The van der Waals surface area contributed by atoms with Crippen LogP contribution in [0.5, 0.6) is 0 Å². The molecule has 1 aliphatic rings. The third kappa shape index (κ3) is 4.39. The topological polar surface area (TPSA) is 70.6 Å². The highest BCUT2D eigenvalue weighted by atomic mass is 16.3. The third-order valence-electron chi connectivity index (χ3n) is 3.17. The fourth-order valence-electron chi connectivity index (χ4n) is 2.32. The molecule has 0 bridgehead atoms. The average molecular weight is 227 g/mol. The van der Waals surface area contributed by atoms with Gasteiger partial charge in [-0.05, 0) is 25.2 Å². The van der Waals surface area contributed by atoms with Gasteiger partial charge < -0.3 is 16.2 Å². The largest absolute Gasteiger partial charge is 0.388 e. The summed E-state index contributed by atoms with van der Waals surface area (Å²) in [5, 5.41) is 13.3. The number of hydrogen-bond acceptors (Lipinski definition) is 2. The summed E-state index contributed by atoms with van der Waals surface area (Å²) in [5.41, 5.74) is 5.07. The highest BCUT2D eigenvalue weighted by Crippen LogP contribution is 2.32. The average Bonchev–Trinajstić information content (AvgIpc) is 2.23. The number of nitrogens with zero attached hydrogens (tertiary/aromatic N) is 1. The summed E-state index contributed by atoms with van der Waals surface area (Å²) in [6.07, 6.45) is 5.03. The van der Waals surface area contributed by atoms with E-state index in [1.54, 1.807) is 0 Å². The van der Waals surface area contributed by atoms with Crippen molar-refractivity contribution in [3.05, 3.63) is 0 Å². The van der Waals surface area contributed by atoms with Crippen LogP contribution in [0.15, 0.2) is 4.99 Å². The smallest absolute Gasteiger partial charge is 0.188 e. The highest BCUT2D eigenvalue weighted by molar-refractivity contribution is 5.77. The van der Waals surface area contributed by atoms with Crippen molar-refractivity contribution in [3.63, 3.8) is 0 Å². The van der Waals surface area contributed by atoms with E-state index in [0.717, 1.165) is 32.2 Å². The summed E-state index contributed by atoms with van der Waals surface area (Å²) < 4.78 is 0. The Morgan fingerprint density at radius 3 is 3.00 bits per heavy atom. The van der Waals surface area contributed by atoms with Crippen molar-refractivity contribution in [2.24, 2.45) is 16.6 Å². The fourth-order valence-corrected chi connectivity index (χ4v) is 2.32. The van der Waals surface area contributed by atoms with Crippen LogP contribution in [0.25, 0.3) is 0 Å². The quantitative estimate of drug-likeness (QED) is 0.500. The van der Waals surface area contributed by atoms with E-state index < -0.39 is 5.60 Å². The number of nitrogens with one attached hydrogen (secondary N) is 1. The maximum atomic E-state index is 10.3. The Morgan fingerprint density at radius 1 is 1.62 bits per heavy atom. The van der Waals surface area contributed by atoms with Gasteiger partial charge in [0.1, 0.15) is 0 Å². The lowest BCUT2D eigenvalue weighted by Crippen LogP contribution is -2.40. The van der Waals surface area contributed by atoms with Crippen LogP contribution in [-0.2, 0) is 0 Å². The number of guanidine groups is 1. The summed E-state index contributed by atoms with van der Waals surface area (Å²) in [5.74, 6) is 1.05. The molecular weight excluding hydrogens is 202 g/mol. The van der Waals surface area contributed by atoms with Gasteiger partial charge in [-0.25, -0.2) is 0 Å². The summed E-state index contributed by atoms with van der Waals surface area (Å²) in [4.78, 5) is 4.22. The summed E-state index contributed by atoms with van der Waals surface area (Å²) >= 11 is 0. The molecule has 2 unspecified atom stereocenters. The standard InChI is InChI=1S/C12H25N3O/c1-3-7-14-11(13)15-9-12(16)6-4-5-10(2)8-12/h10,16H,3-9H2,1-2H3,(H3,13,14,15). The van der Waals surface area contributed by atoms with Crippen LogP contribution in [0.3, 0.4) is 0 Å². The van der Waals surface area contributed by atoms with Gasteiger partial charge in [-0.3, -0.25) is 4.99 Å². The van der Waals surface area contributed by atoms with Gasteiger partial charge in [0.05, 0.1) is 12.1 Å². The van der Waals surface area contributed by atoms with E-state index in [9.17, 15) is 5.11 Å². The molecule has 16 heavy (non-hydrogen) atoms. The molecular formula is C12H25N3O. The Balaban J connectivity index is 2.39. The molecule has 0 amide bonds. The number of hydrogen-bond donors (Lipinski definition) is 3. The predicted molar refractivity (Wildman–Crippen MR) is 67.4 cm³/mol. The molecule has 1 aliphatic carbocycles. The number of nitrogens with two attached hydrogens (primary N) is 1. The second-order valence-corrected chi connectivity index (χ2v) is 5.05. The number of aliphatic hydroxyl groups is 1. The zero-order chi connectivity index (χ0) is 12.0. The minimum Gasteiger partial charge on any atom is -0.388 e. The van der Waals surface area contributed by atoms with E-state index in [0.29, 0.717) is 18.4 Å². The summed E-state index contributed by atoms with van der Waals surface area (Å²) in [6, 6.07) is 0. The molecule has 0 radical (unpaired) electrons. The first-order valence-electron chi connectivity index (χ1n) is 6.32. The first-order valence-corrected chi connectivity index (χ1v) is 6.32. The lowest BCUT2D eigenvalue weighted by Gasteiger charge is -2.34. The summed E-state index contributed by atoms with van der Waals surface area (Å²) in [6.45, 7) is 5.53. The summed E-state index contributed by atoms with van der Waals surface area (Å²) in [7, 11) is 0. The minimum absolute atomic E-state index is 0.430. The van der Waals surface area contributed by atoms with Crippen LogP contribution in [0.1, 0.15) is 46.0 Å². The van der Waals surface area contributed by atoms with Gasteiger partial charge in [0, 0.05) is 6.54 Å². The third-order valence-corrected chi connectivity index (χ3v) is 3.17. The maximum absolute atomic E-state index is 10.3. The van der Waals surface area contributed by atoms with Crippen LogP contribution in [-0.4, -0.2) is 29.8 Å². The van der Waals surface area contributed by atoms with Gasteiger partial charge >= 0.3 is 0 Å². The first kappa shape index (κ1) is 13.3. The van der Waals surface area contributed by atoms with Crippen molar-refractivity contribution in [3.8, 4) is 0 Å². The molecule has 4 nitrogen and oxygen atoms in total. The van der Waals surface area contributed by atoms with Crippen LogP contribution in [0.2, 0.25) is 0 Å². The Labute approximate surface area is 98.3 Å². The predicted octanol–water partition coefficient (Wildman–Crippen LogP) is 1.24. The van der Waals surface area contributed by atoms with Gasteiger partial charge in [0.25, 0.3) is 0 Å². The maximum Gasteiger partial charge on any atom is 0.188 e. The van der Waals surface area contributed by atoms with Gasteiger partial charge in [-0.2, -0.15) is 0 Å².